The largest absolute Gasteiger partial charge is 0.378 e. The number of hydrazine groups is 1. The van der Waals surface area contributed by atoms with Gasteiger partial charge in [0.25, 0.3) is 0 Å². The summed E-state index contributed by atoms with van der Waals surface area (Å²) in [5.74, 6) is 5.73. The van der Waals surface area contributed by atoms with Crippen LogP contribution in [0, 0.1) is 5.92 Å². The van der Waals surface area contributed by atoms with Crippen LogP contribution in [0.25, 0.3) is 0 Å². The van der Waals surface area contributed by atoms with E-state index < -0.39 is 10.0 Å². The molecule has 1 aliphatic heterocycles. The van der Waals surface area contributed by atoms with Crippen LogP contribution >= 0.6 is 0 Å². The third-order valence-corrected chi connectivity index (χ3v) is 4.68. The number of nitrogen functional groups attached to an aromatic ring is 1. The fourth-order valence-electron chi connectivity index (χ4n) is 2.00. The zero-order valence-electron chi connectivity index (χ0n) is 10.7. The number of nitrogens with one attached hydrogen (secondary N) is 2. The molecule has 1 fully saturated rings. The molecule has 8 heteroatoms. The number of ether oxygens (including phenoxy) is 1. The second-order valence-corrected chi connectivity index (χ2v) is 6.26. The Kier molecular flexibility index (Phi) is 4.35. The molecule has 1 aromatic heterocycles. The van der Waals surface area contributed by atoms with E-state index in [1.54, 1.807) is 0 Å². The van der Waals surface area contributed by atoms with Gasteiger partial charge in [-0.15, -0.1) is 0 Å². The lowest BCUT2D eigenvalue weighted by Crippen LogP contribution is -2.32. The van der Waals surface area contributed by atoms with Crippen LogP contribution in [0.1, 0.15) is 13.3 Å². The van der Waals surface area contributed by atoms with Gasteiger partial charge in [0.2, 0.25) is 10.0 Å². The minimum Gasteiger partial charge on any atom is -0.378 e. The molecule has 0 spiro atoms. The van der Waals surface area contributed by atoms with Gasteiger partial charge in [-0.25, -0.2) is 24.0 Å². The van der Waals surface area contributed by atoms with E-state index in [9.17, 15) is 8.42 Å². The first-order valence-electron chi connectivity index (χ1n) is 6.07. The number of sulfonamides is 1. The molecule has 2 unspecified atom stereocenters. The summed E-state index contributed by atoms with van der Waals surface area (Å²) in [7, 11) is -3.54. The van der Waals surface area contributed by atoms with Crippen molar-refractivity contribution in [2.24, 2.45) is 11.8 Å². The number of aromatic nitrogens is 1. The van der Waals surface area contributed by atoms with Crippen LogP contribution in [-0.2, 0) is 14.8 Å². The van der Waals surface area contributed by atoms with E-state index in [1.165, 1.54) is 18.3 Å². The van der Waals surface area contributed by atoms with Gasteiger partial charge in [0.1, 0.15) is 5.82 Å². The van der Waals surface area contributed by atoms with Crippen molar-refractivity contribution in [3.63, 3.8) is 0 Å². The molecular weight excluding hydrogens is 268 g/mol. The Balaban J connectivity index is 2.05. The smallest absolute Gasteiger partial charge is 0.240 e. The van der Waals surface area contributed by atoms with Crippen LogP contribution in [0.2, 0.25) is 0 Å². The predicted molar refractivity (Wildman–Crippen MR) is 70.8 cm³/mol. The van der Waals surface area contributed by atoms with Crippen molar-refractivity contribution in [2.45, 2.75) is 24.3 Å². The van der Waals surface area contributed by atoms with Crippen molar-refractivity contribution in [1.82, 2.24) is 9.71 Å². The van der Waals surface area contributed by atoms with E-state index in [-0.39, 0.29) is 16.9 Å². The fourth-order valence-corrected chi connectivity index (χ4v) is 3.11. The third kappa shape index (κ3) is 3.41. The van der Waals surface area contributed by atoms with E-state index in [0.717, 1.165) is 6.42 Å². The van der Waals surface area contributed by atoms with E-state index in [4.69, 9.17) is 10.6 Å². The first-order chi connectivity index (χ1) is 9.03. The predicted octanol–water partition coefficient (Wildman–Crippen LogP) is 0.0705. The molecule has 19 heavy (non-hydrogen) atoms. The lowest BCUT2D eigenvalue weighted by Gasteiger charge is -2.15. The number of nitrogens with zero attached hydrogens (tertiary/aromatic N) is 1. The van der Waals surface area contributed by atoms with Gasteiger partial charge in [0.15, 0.2) is 0 Å². The van der Waals surface area contributed by atoms with E-state index in [2.05, 4.69) is 15.1 Å². The highest BCUT2D eigenvalue weighted by molar-refractivity contribution is 7.89. The second kappa shape index (κ2) is 5.83. The SMILES string of the molecule is CC1OCCC1CNS(=O)(=O)c1ccnc(NN)c1. The summed E-state index contributed by atoms with van der Waals surface area (Å²) in [5.41, 5.74) is 2.32. The van der Waals surface area contributed by atoms with Gasteiger partial charge in [0, 0.05) is 31.3 Å². The topological polar surface area (TPSA) is 106 Å². The standard InChI is InChI=1S/C11H18N4O3S/c1-8-9(3-5-18-8)7-14-19(16,17)10-2-4-13-11(6-10)15-12/h2,4,6,8-9,14H,3,5,7,12H2,1H3,(H,13,15). The van der Waals surface area contributed by atoms with Gasteiger partial charge in [-0.05, 0) is 19.4 Å². The third-order valence-electron chi connectivity index (χ3n) is 3.26. The number of anilines is 1. The molecule has 7 nitrogen and oxygen atoms in total. The molecule has 2 heterocycles. The minimum absolute atomic E-state index is 0.0846. The van der Waals surface area contributed by atoms with Crippen molar-refractivity contribution in [3.05, 3.63) is 18.3 Å². The Morgan fingerprint density at radius 3 is 3.00 bits per heavy atom. The lowest BCUT2D eigenvalue weighted by molar-refractivity contribution is 0.107. The van der Waals surface area contributed by atoms with E-state index in [1.807, 2.05) is 6.92 Å². The van der Waals surface area contributed by atoms with Crippen molar-refractivity contribution >= 4 is 15.8 Å². The summed E-state index contributed by atoms with van der Waals surface area (Å²) in [6, 6.07) is 2.81. The first-order valence-corrected chi connectivity index (χ1v) is 7.55. The number of rotatable bonds is 5. The maximum atomic E-state index is 12.1. The molecule has 1 aliphatic rings. The Labute approximate surface area is 112 Å². The summed E-state index contributed by atoms with van der Waals surface area (Å²) in [6.07, 6.45) is 2.35. The lowest BCUT2D eigenvalue weighted by atomic mass is 10.0. The summed E-state index contributed by atoms with van der Waals surface area (Å²) in [4.78, 5) is 4.01. The maximum Gasteiger partial charge on any atom is 0.240 e. The summed E-state index contributed by atoms with van der Waals surface area (Å²) in [6.45, 7) is 3.01. The normalized spacial score (nSPS) is 23.5. The Hall–Kier alpha value is -1.22. The Morgan fingerprint density at radius 2 is 2.37 bits per heavy atom. The van der Waals surface area contributed by atoms with Crippen molar-refractivity contribution < 1.29 is 13.2 Å². The van der Waals surface area contributed by atoms with Crippen LogP contribution in [-0.4, -0.2) is 32.7 Å². The molecule has 2 atom stereocenters. The highest BCUT2D eigenvalue weighted by Gasteiger charge is 2.26. The highest BCUT2D eigenvalue weighted by atomic mass is 32.2. The van der Waals surface area contributed by atoms with Gasteiger partial charge in [-0.1, -0.05) is 0 Å². The zero-order chi connectivity index (χ0) is 13.9. The molecule has 0 radical (unpaired) electrons. The van der Waals surface area contributed by atoms with Gasteiger partial charge >= 0.3 is 0 Å². The summed E-state index contributed by atoms with van der Waals surface area (Å²) in [5, 5.41) is 0. The summed E-state index contributed by atoms with van der Waals surface area (Å²) < 4.78 is 32.2. The molecule has 0 saturated carbocycles. The molecule has 0 aliphatic carbocycles. The molecule has 0 aromatic carbocycles. The average molecular weight is 286 g/mol. The number of nitrogens with two attached hydrogens (primary N) is 1. The maximum absolute atomic E-state index is 12.1. The van der Waals surface area contributed by atoms with Crippen LogP contribution < -0.4 is 16.0 Å². The van der Waals surface area contributed by atoms with Gasteiger partial charge in [0.05, 0.1) is 11.0 Å². The first kappa shape index (κ1) is 14.2. The molecule has 106 valence electrons. The van der Waals surface area contributed by atoms with Crippen molar-refractivity contribution in [3.8, 4) is 0 Å². The average Bonchev–Trinajstić information content (AvgIpc) is 2.82. The van der Waals surface area contributed by atoms with Gasteiger partial charge in [-0.2, -0.15) is 0 Å². The second-order valence-electron chi connectivity index (χ2n) is 4.50. The Bertz CT molecular complexity index is 534. The van der Waals surface area contributed by atoms with E-state index in [0.29, 0.717) is 19.0 Å². The van der Waals surface area contributed by atoms with Crippen molar-refractivity contribution in [2.75, 3.05) is 18.6 Å². The molecule has 4 N–H and O–H groups in total. The van der Waals surface area contributed by atoms with Crippen LogP contribution in [0.4, 0.5) is 5.82 Å². The fraction of sp³-hybridized carbons (Fsp3) is 0.545. The van der Waals surface area contributed by atoms with Crippen LogP contribution in [0.5, 0.6) is 0 Å². The van der Waals surface area contributed by atoms with Gasteiger partial charge < -0.3 is 10.2 Å². The number of pyridine rings is 1. The summed E-state index contributed by atoms with van der Waals surface area (Å²) >= 11 is 0. The van der Waals surface area contributed by atoms with Crippen LogP contribution in [0.3, 0.4) is 0 Å². The molecule has 0 bridgehead atoms. The zero-order valence-corrected chi connectivity index (χ0v) is 11.5. The quantitative estimate of drug-likeness (QED) is 0.522. The minimum atomic E-state index is -3.54. The Morgan fingerprint density at radius 1 is 1.58 bits per heavy atom. The number of hydrogen-bond donors (Lipinski definition) is 3. The monoisotopic (exact) mass is 286 g/mol. The molecule has 1 aromatic rings. The van der Waals surface area contributed by atoms with E-state index >= 15 is 0 Å². The van der Waals surface area contributed by atoms with Crippen LogP contribution in [0.15, 0.2) is 23.2 Å². The van der Waals surface area contributed by atoms with Gasteiger partial charge in [-0.3, -0.25) is 0 Å². The van der Waals surface area contributed by atoms with Crippen molar-refractivity contribution in [1.29, 1.82) is 0 Å². The molecular formula is C11H18N4O3S. The molecule has 0 amide bonds. The number of hydrogen-bond acceptors (Lipinski definition) is 6. The molecule has 1 saturated heterocycles. The molecule has 2 rings (SSSR count). The highest BCUT2D eigenvalue weighted by Crippen LogP contribution is 2.20.